The first-order valence-corrected chi connectivity index (χ1v) is 7.68. The highest BCUT2D eigenvalue weighted by Crippen LogP contribution is 2.16. The van der Waals surface area contributed by atoms with Gasteiger partial charge in [-0.25, -0.2) is 0 Å². The largest absolute Gasteiger partial charge is 0.375 e. The molecule has 0 saturated carbocycles. The minimum Gasteiger partial charge on any atom is -0.375 e. The quantitative estimate of drug-likeness (QED) is 0.438. The van der Waals surface area contributed by atoms with Gasteiger partial charge in [-0.15, -0.1) is 0 Å². The van der Waals surface area contributed by atoms with Crippen LogP contribution in [0.2, 0.25) is 0 Å². The Bertz CT molecular complexity index is 174. The van der Waals surface area contributed by atoms with E-state index in [0.29, 0.717) is 0 Å². The molecule has 1 atom stereocenters. The van der Waals surface area contributed by atoms with Gasteiger partial charge in [-0.1, -0.05) is 59.0 Å². The summed E-state index contributed by atoms with van der Waals surface area (Å²) in [5.74, 6) is 0. The third kappa shape index (κ3) is 8.29. The first-order chi connectivity index (χ1) is 8.29. The van der Waals surface area contributed by atoms with Crippen LogP contribution in [0.4, 0.5) is 0 Å². The number of rotatable bonds is 11. The molecule has 0 N–H and O–H groups in total. The predicted octanol–water partition coefficient (Wildman–Crippen LogP) is 5.37. The van der Waals surface area contributed by atoms with Gasteiger partial charge in [0.2, 0.25) is 0 Å². The fourth-order valence-electron chi connectivity index (χ4n) is 2.44. The maximum atomic E-state index is 2.56. The van der Waals surface area contributed by atoms with E-state index >= 15 is 0 Å². The van der Waals surface area contributed by atoms with Gasteiger partial charge in [-0.05, 0) is 32.4 Å². The lowest BCUT2D eigenvalue weighted by Crippen LogP contribution is -2.31. The lowest BCUT2D eigenvalue weighted by atomic mass is 10.0. The third-order valence-electron chi connectivity index (χ3n) is 3.30. The van der Waals surface area contributed by atoms with E-state index in [-0.39, 0.29) is 0 Å². The molecule has 1 heteroatoms. The zero-order chi connectivity index (χ0) is 12.9. The van der Waals surface area contributed by atoms with Crippen LogP contribution in [0.15, 0.2) is 12.3 Å². The Balaban J connectivity index is 4.14. The molecule has 0 amide bonds. The third-order valence-corrected chi connectivity index (χ3v) is 3.30. The van der Waals surface area contributed by atoms with Crippen LogP contribution in [0, 0.1) is 0 Å². The molecule has 0 bridgehead atoms. The highest BCUT2D eigenvalue weighted by Gasteiger charge is 2.12. The van der Waals surface area contributed by atoms with Gasteiger partial charge in [-0.3, -0.25) is 0 Å². The van der Waals surface area contributed by atoms with Gasteiger partial charge in [0.1, 0.15) is 0 Å². The van der Waals surface area contributed by atoms with Crippen molar-refractivity contribution < 1.29 is 0 Å². The second-order valence-corrected chi connectivity index (χ2v) is 5.01. The molecule has 0 aliphatic carbocycles. The van der Waals surface area contributed by atoms with Crippen LogP contribution in [0.25, 0.3) is 0 Å². The summed E-state index contributed by atoms with van der Waals surface area (Å²) in [5, 5.41) is 0. The molecule has 0 rings (SSSR count). The molecule has 0 radical (unpaired) electrons. The Morgan fingerprint density at radius 3 is 2.18 bits per heavy atom. The van der Waals surface area contributed by atoms with Gasteiger partial charge < -0.3 is 4.90 Å². The Morgan fingerprint density at radius 1 is 0.882 bits per heavy atom. The average Bonchev–Trinajstić information content (AvgIpc) is 2.33. The van der Waals surface area contributed by atoms with Crippen LogP contribution in [0.1, 0.15) is 79.1 Å². The highest BCUT2D eigenvalue weighted by molar-refractivity contribution is 4.84. The molecule has 0 saturated heterocycles. The number of nitrogens with zero attached hydrogens (tertiary/aromatic N) is 1. The Kier molecular flexibility index (Phi) is 11.7. The molecule has 0 aliphatic rings. The average molecular weight is 239 g/mol. The smallest absolute Gasteiger partial charge is 0.0284 e. The molecule has 0 aromatic carbocycles. The van der Waals surface area contributed by atoms with E-state index in [1.807, 2.05) is 0 Å². The van der Waals surface area contributed by atoms with Crippen molar-refractivity contribution in [3.8, 4) is 0 Å². The highest BCUT2D eigenvalue weighted by atomic mass is 15.1. The summed E-state index contributed by atoms with van der Waals surface area (Å²) in [6.45, 7) is 10.2. The first kappa shape index (κ1) is 16.5. The normalized spacial score (nSPS) is 13.2. The van der Waals surface area contributed by atoms with Crippen molar-refractivity contribution in [1.82, 2.24) is 4.90 Å². The maximum absolute atomic E-state index is 2.56. The molecule has 0 aliphatic heterocycles. The second-order valence-electron chi connectivity index (χ2n) is 5.01. The molecule has 0 aromatic rings. The van der Waals surface area contributed by atoms with Crippen molar-refractivity contribution in [1.29, 1.82) is 0 Å². The van der Waals surface area contributed by atoms with Crippen molar-refractivity contribution in [2.24, 2.45) is 0 Å². The van der Waals surface area contributed by atoms with E-state index in [1.54, 1.807) is 0 Å². The summed E-state index contributed by atoms with van der Waals surface area (Å²) in [7, 11) is 0. The standard InChI is InChI=1S/C16H33N/c1-5-9-10-11-13-16(12-6-2)17(14-7-3)15-8-4/h7,14,16H,5-6,8-13,15H2,1-4H3/b14-7-. The molecule has 0 spiro atoms. The van der Waals surface area contributed by atoms with E-state index in [1.165, 1.54) is 57.9 Å². The van der Waals surface area contributed by atoms with E-state index in [0.717, 1.165) is 6.04 Å². The van der Waals surface area contributed by atoms with E-state index in [9.17, 15) is 0 Å². The zero-order valence-corrected chi connectivity index (χ0v) is 12.5. The van der Waals surface area contributed by atoms with E-state index < -0.39 is 0 Å². The summed E-state index contributed by atoms with van der Waals surface area (Å²) in [6, 6.07) is 0.771. The van der Waals surface area contributed by atoms with Crippen LogP contribution in [0.5, 0.6) is 0 Å². The van der Waals surface area contributed by atoms with Crippen LogP contribution in [0.3, 0.4) is 0 Å². The fourth-order valence-corrected chi connectivity index (χ4v) is 2.44. The Hall–Kier alpha value is -0.460. The number of hydrogen-bond acceptors (Lipinski definition) is 1. The Labute approximate surface area is 109 Å². The number of unbranched alkanes of at least 4 members (excludes halogenated alkanes) is 3. The van der Waals surface area contributed by atoms with Gasteiger partial charge >= 0.3 is 0 Å². The number of hydrogen-bond donors (Lipinski definition) is 0. The Morgan fingerprint density at radius 2 is 1.65 bits per heavy atom. The lowest BCUT2D eigenvalue weighted by Gasteiger charge is -2.30. The van der Waals surface area contributed by atoms with Crippen molar-refractivity contribution >= 4 is 0 Å². The molecule has 0 aromatic heterocycles. The first-order valence-electron chi connectivity index (χ1n) is 7.68. The SMILES string of the molecule is C/C=C\N(CCC)C(CCC)CCCCCC. The van der Waals surface area contributed by atoms with Crippen LogP contribution >= 0.6 is 0 Å². The van der Waals surface area contributed by atoms with E-state index in [2.05, 4.69) is 44.9 Å². The molecule has 0 heterocycles. The van der Waals surface area contributed by atoms with Gasteiger partial charge in [0.25, 0.3) is 0 Å². The van der Waals surface area contributed by atoms with Crippen LogP contribution in [-0.4, -0.2) is 17.5 Å². The molecule has 0 fully saturated rings. The molecular formula is C16H33N. The van der Waals surface area contributed by atoms with Gasteiger partial charge in [0, 0.05) is 12.6 Å². The minimum atomic E-state index is 0.771. The zero-order valence-electron chi connectivity index (χ0n) is 12.5. The van der Waals surface area contributed by atoms with Crippen molar-refractivity contribution in [2.75, 3.05) is 6.54 Å². The van der Waals surface area contributed by atoms with Crippen LogP contribution in [-0.2, 0) is 0 Å². The van der Waals surface area contributed by atoms with Gasteiger partial charge in [0.05, 0.1) is 0 Å². The molecule has 102 valence electrons. The van der Waals surface area contributed by atoms with Gasteiger partial charge in [-0.2, -0.15) is 0 Å². The summed E-state index contributed by atoms with van der Waals surface area (Å²) in [6.07, 6.45) is 15.3. The van der Waals surface area contributed by atoms with Crippen molar-refractivity contribution in [3.05, 3.63) is 12.3 Å². The number of allylic oxidation sites excluding steroid dienone is 1. The van der Waals surface area contributed by atoms with E-state index in [4.69, 9.17) is 0 Å². The van der Waals surface area contributed by atoms with Crippen LogP contribution < -0.4 is 0 Å². The minimum absolute atomic E-state index is 0.771. The second kappa shape index (κ2) is 12.0. The van der Waals surface area contributed by atoms with Gasteiger partial charge in [0.15, 0.2) is 0 Å². The summed E-state index contributed by atoms with van der Waals surface area (Å²) in [4.78, 5) is 2.56. The fraction of sp³-hybridized carbons (Fsp3) is 0.875. The summed E-state index contributed by atoms with van der Waals surface area (Å²) >= 11 is 0. The summed E-state index contributed by atoms with van der Waals surface area (Å²) in [5.41, 5.74) is 0. The van der Waals surface area contributed by atoms with Crippen molar-refractivity contribution in [2.45, 2.75) is 85.1 Å². The van der Waals surface area contributed by atoms with Crippen molar-refractivity contribution in [3.63, 3.8) is 0 Å². The monoisotopic (exact) mass is 239 g/mol. The summed E-state index contributed by atoms with van der Waals surface area (Å²) < 4.78 is 0. The molecule has 1 nitrogen and oxygen atoms in total. The molecule has 17 heavy (non-hydrogen) atoms. The lowest BCUT2D eigenvalue weighted by molar-refractivity contribution is 0.242. The topological polar surface area (TPSA) is 3.24 Å². The maximum Gasteiger partial charge on any atom is 0.0284 e. The predicted molar refractivity (Wildman–Crippen MR) is 79.3 cm³/mol. The molecule has 1 unspecified atom stereocenters. The molecular weight excluding hydrogens is 206 g/mol.